The molecule has 2 aromatic carbocycles. The Balaban J connectivity index is 1.93. The van der Waals surface area contributed by atoms with Gasteiger partial charge in [-0.3, -0.25) is 4.79 Å². The van der Waals surface area contributed by atoms with Crippen molar-refractivity contribution < 1.29 is 14.7 Å². The van der Waals surface area contributed by atoms with Crippen LogP contribution in [-0.2, 0) is 11.2 Å². The van der Waals surface area contributed by atoms with Gasteiger partial charge in [0.2, 0.25) is 0 Å². The summed E-state index contributed by atoms with van der Waals surface area (Å²) in [6.45, 7) is 0. The largest absolute Gasteiger partial charge is 0.480 e. The number of carboxylic acid groups (broad SMARTS) is 1. The second-order valence-electron chi connectivity index (χ2n) is 5.65. The molecule has 0 fully saturated rings. The van der Waals surface area contributed by atoms with E-state index in [0.29, 0.717) is 15.6 Å². The van der Waals surface area contributed by atoms with Crippen molar-refractivity contribution in [2.75, 3.05) is 0 Å². The van der Waals surface area contributed by atoms with Gasteiger partial charge in [-0.15, -0.1) is 0 Å². The van der Waals surface area contributed by atoms with Gasteiger partial charge in [-0.2, -0.15) is 4.57 Å². The zero-order chi connectivity index (χ0) is 18.7. The van der Waals surface area contributed by atoms with Crippen LogP contribution in [-0.4, -0.2) is 32.7 Å². The van der Waals surface area contributed by atoms with Crippen molar-refractivity contribution in [3.63, 3.8) is 0 Å². The Labute approximate surface area is 146 Å². The maximum absolute atomic E-state index is 12.4. The van der Waals surface area contributed by atoms with Crippen molar-refractivity contribution in [2.24, 2.45) is 0 Å². The van der Waals surface area contributed by atoms with Gasteiger partial charge in [-0.1, -0.05) is 42.5 Å². The van der Waals surface area contributed by atoms with Crippen LogP contribution in [0.4, 0.5) is 4.79 Å². The first kappa shape index (κ1) is 17.2. The van der Waals surface area contributed by atoms with E-state index in [0.717, 1.165) is 0 Å². The third-order valence-electron chi connectivity index (χ3n) is 3.89. The van der Waals surface area contributed by atoms with Gasteiger partial charge in [-0.05, 0) is 17.7 Å². The van der Waals surface area contributed by atoms with Crippen LogP contribution in [0, 0.1) is 0 Å². The average Bonchev–Trinajstić information content (AvgIpc) is 2.62. The van der Waals surface area contributed by atoms with E-state index in [-0.39, 0.29) is 11.8 Å². The molecule has 0 aliphatic rings. The van der Waals surface area contributed by atoms with Gasteiger partial charge in [0.05, 0.1) is 10.9 Å². The number of carbonyl (C=O) groups excluding carboxylic acids is 1. The molecule has 132 valence electrons. The van der Waals surface area contributed by atoms with E-state index in [9.17, 15) is 24.3 Å². The highest BCUT2D eigenvalue weighted by atomic mass is 16.4. The third-order valence-corrected chi connectivity index (χ3v) is 3.89. The number of H-pyrrole nitrogens is 1. The zero-order valence-corrected chi connectivity index (χ0v) is 13.5. The van der Waals surface area contributed by atoms with Crippen molar-refractivity contribution in [2.45, 2.75) is 12.5 Å². The van der Waals surface area contributed by atoms with Crippen LogP contribution >= 0.6 is 0 Å². The number of hydrogen-bond donors (Lipinski definition) is 3. The van der Waals surface area contributed by atoms with Gasteiger partial charge >= 0.3 is 17.7 Å². The molecule has 1 amide bonds. The summed E-state index contributed by atoms with van der Waals surface area (Å²) in [6.07, 6.45) is 0.0160. The molecule has 0 spiro atoms. The number of aliphatic carboxylic acids is 1. The molecule has 26 heavy (non-hydrogen) atoms. The Morgan fingerprint density at radius 3 is 2.38 bits per heavy atom. The van der Waals surface area contributed by atoms with E-state index in [1.165, 1.54) is 12.1 Å². The lowest BCUT2D eigenvalue weighted by molar-refractivity contribution is -0.139. The first-order valence-electron chi connectivity index (χ1n) is 7.79. The average molecular weight is 353 g/mol. The molecular formula is C18H15N3O5. The number of carbonyl (C=O) groups is 2. The first-order valence-corrected chi connectivity index (χ1v) is 7.79. The van der Waals surface area contributed by atoms with Gasteiger partial charge < -0.3 is 15.4 Å². The van der Waals surface area contributed by atoms with Crippen molar-refractivity contribution >= 4 is 22.9 Å². The Bertz CT molecular complexity index is 1090. The number of nitrogens with one attached hydrogen (secondary N) is 2. The molecule has 0 saturated heterocycles. The molecule has 1 aromatic heterocycles. The Hall–Kier alpha value is -3.68. The molecule has 0 radical (unpaired) electrons. The smallest absolute Gasteiger partial charge is 0.337 e. The summed E-state index contributed by atoms with van der Waals surface area (Å²) in [6, 6.07) is 12.6. The zero-order valence-electron chi connectivity index (χ0n) is 13.5. The van der Waals surface area contributed by atoms with E-state index >= 15 is 0 Å². The topological polar surface area (TPSA) is 121 Å². The van der Waals surface area contributed by atoms with Crippen LogP contribution in [0.25, 0.3) is 10.9 Å². The number of nitrogens with zero attached hydrogens (tertiary/aromatic N) is 1. The van der Waals surface area contributed by atoms with E-state index in [2.05, 4.69) is 10.3 Å². The molecule has 0 aliphatic heterocycles. The highest BCUT2D eigenvalue weighted by Crippen LogP contribution is 2.05. The maximum atomic E-state index is 12.4. The molecular weight excluding hydrogens is 338 g/mol. The molecule has 8 nitrogen and oxygen atoms in total. The molecule has 0 bridgehead atoms. The fraction of sp³-hybridized carbons (Fsp3) is 0.111. The highest BCUT2D eigenvalue weighted by molar-refractivity contribution is 5.86. The summed E-state index contributed by atoms with van der Waals surface area (Å²) >= 11 is 0. The minimum absolute atomic E-state index is 0.0160. The summed E-state index contributed by atoms with van der Waals surface area (Å²) in [5.74, 6) is -1.27. The molecule has 3 rings (SSSR count). The number of aromatic nitrogens is 2. The van der Waals surface area contributed by atoms with Gasteiger partial charge in [0.1, 0.15) is 6.04 Å². The number of rotatable bonds is 4. The van der Waals surface area contributed by atoms with E-state index < -0.39 is 29.3 Å². The van der Waals surface area contributed by atoms with E-state index in [1.54, 1.807) is 42.5 Å². The summed E-state index contributed by atoms with van der Waals surface area (Å²) in [7, 11) is 0. The Morgan fingerprint density at radius 1 is 1.04 bits per heavy atom. The van der Waals surface area contributed by atoms with E-state index in [1.807, 2.05) is 0 Å². The van der Waals surface area contributed by atoms with Crippen LogP contribution < -0.4 is 16.6 Å². The quantitative estimate of drug-likeness (QED) is 0.645. The lowest BCUT2D eigenvalue weighted by Crippen LogP contribution is -2.51. The number of para-hydroxylation sites is 1. The normalized spacial score (nSPS) is 11.8. The second-order valence-corrected chi connectivity index (χ2v) is 5.65. The first-order chi connectivity index (χ1) is 12.5. The molecule has 8 heteroatoms. The summed E-state index contributed by atoms with van der Waals surface area (Å²) in [5, 5.41) is 11.7. The van der Waals surface area contributed by atoms with Crippen LogP contribution in [0.15, 0.2) is 64.2 Å². The van der Waals surface area contributed by atoms with Crippen LogP contribution in [0.1, 0.15) is 5.56 Å². The minimum Gasteiger partial charge on any atom is -0.480 e. The monoisotopic (exact) mass is 353 g/mol. The Morgan fingerprint density at radius 2 is 1.69 bits per heavy atom. The molecule has 3 aromatic rings. The predicted octanol–water partition coefficient (Wildman–Crippen LogP) is 0.943. The van der Waals surface area contributed by atoms with Crippen LogP contribution in [0.5, 0.6) is 0 Å². The number of aromatic amines is 1. The molecule has 3 N–H and O–H groups in total. The number of fused-ring (bicyclic) bond motifs is 1. The lowest BCUT2D eigenvalue weighted by Gasteiger charge is -2.15. The van der Waals surface area contributed by atoms with E-state index in [4.69, 9.17) is 0 Å². The van der Waals surface area contributed by atoms with Crippen LogP contribution in [0.2, 0.25) is 0 Å². The second kappa shape index (κ2) is 7.06. The lowest BCUT2D eigenvalue weighted by atomic mass is 10.1. The molecule has 1 atom stereocenters. The SMILES string of the molecule is O=C(O)[C@H](Cc1ccccc1)NC(=O)n1c(=O)[nH]c2ccccc2c1=O. The number of amides is 1. The summed E-state index contributed by atoms with van der Waals surface area (Å²) < 4.78 is 0.364. The number of hydrogen-bond acceptors (Lipinski definition) is 4. The predicted molar refractivity (Wildman–Crippen MR) is 94.3 cm³/mol. The molecule has 0 saturated carbocycles. The van der Waals surface area contributed by atoms with Gasteiger partial charge in [-0.25, -0.2) is 14.4 Å². The minimum atomic E-state index is -1.29. The van der Waals surface area contributed by atoms with Crippen molar-refractivity contribution in [1.29, 1.82) is 0 Å². The van der Waals surface area contributed by atoms with Gasteiger partial charge in [0.15, 0.2) is 0 Å². The summed E-state index contributed by atoms with van der Waals surface area (Å²) in [4.78, 5) is 50.8. The molecule has 0 unspecified atom stereocenters. The fourth-order valence-electron chi connectivity index (χ4n) is 2.61. The molecule has 1 heterocycles. The van der Waals surface area contributed by atoms with Gasteiger partial charge in [0, 0.05) is 6.42 Å². The maximum Gasteiger partial charge on any atom is 0.337 e. The van der Waals surface area contributed by atoms with Crippen molar-refractivity contribution in [3.8, 4) is 0 Å². The summed E-state index contributed by atoms with van der Waals surface area (Å²) in [5.41, 5.74) is -0.758. The fourth-order valence-corrected chi connectivity index (χ4v) is 2.61. The third kappa shape index (κ3) is 3.39. The van der Waals surface area contributed by atoms with Crippen LogP contribution in [0.3, 0.4) is 0 Å². The number of benzene rings is 2. The standard InChI is InChI=1S/C18H15N3O5/c22-15-12-8-4-5-9-13(12)19-17(25)21(15)18(26)20-14(16(23)24)10-11-6-2-1-3-7-11/h1-9,14H,10H2,(H,19,25)(H,20,26)(H,23,24)/t14-/m0/s1. The Kier molecular flexibility index (Phi) is 4.66. The van der Waals surface area contributed by atoms with Crippen molar-refractivity contribution in [1.82, 2.24) is 14.9 Å². The van der Waals surface area contributed by atoms with Gasteiger partial charge in [0.25, 0.3) is 5.56 Å². The number of carboxylic acids is 1. The highest BCUT2D eigenvalue weighted by Gasteiger charge is 2.23. The van der Waals surface area contributed by atoms with Crippen molar-refractivity contribution in [3.05, 3.63) is 81.0 Å². The molecule has 0 aliphatic carbocycles.